The molecule has 1 atom stereocenters. The van der Waals surface area contributed by atoms with Gasteiger partial charge in [0.05, 0.1) is 0 Å². The second kappa shape index (κ2) is 7.55. The molecule has 1 aromatic heterocycles. The van der Waals surface area contributed by atoms with Crippen LogP contribution in [0.1, 0.15) is 25.0 Å². The molecular weight excluding hydrogens is 269 g/mol. The molecule has 0 saturated heterocycles. The molecule has 0 aliphatic carbocycles. The van der Waals surface area contributed by atoms with Gasteiger partial charge in [-0.2, -0.15) is 11.3 Å². The van der Waals surface area contributed by atoms with E-state index in [0.29, 0.717) is 12.0 Å². The fraction of sp³-hybridized carbons (Fsp3) is 0.412. The number of hydrogen-bond donors (Lipinski definition) is 1. The van der Waals surface area contributed by atoms with Crippen LogP contribution in [0.25, 0.3) is 0 Å². The van der Waals surface area contributed by atoms with Crippen molar-refractivity contribution in [1.82, 2.24) is 5.32 Å². The molecule has 20 heavy (non-hydrogen) atoms. The number of thiophene rings is 1. The number of halogens is 1. The Hall–Kier alpha value is -1.19. The molecule has 1 unspecified atom stereocenters. The van der Waals surface area contributed by atoms with E-state index in [-0.39, 0.29) is 5.82 Å². The lowest BCUT2D eigenvalue weighted by Gasteiger charge is -2.19. The van der Waals surface area contributed by atoms with E-state index >= 15 is 0 Å². The van der Waals surface area contributed by atoms with Crippen LogP contribution in [-0.4, -0.2) is 12.6 Å². The Labute approximate surface area is 124 Å². The Kier molecular flexibility index (Phi) is 5.74. The Balaban J connectivity index is 2.01. The van der Waals surface area contributed by atoms with Crippen LogP contribution in [0.15, 0.2) is 41.1 Å². The maximum Gasteiger partial charge on any atom is 0.123 e. The molecular formula is C17H22FNS. The van der Waals surface area contributed by atoms with Gasteiger partial charge in [-0.05, 0) is 65.4 Å². The Bertz CT molecular complexity index is 507. The summed E-state index contributed by atoms with van der Waals surface area (Å²) in [5.41, 5.74) is 2.46. The van der Waals surface area contributed by atoms with Gasteiger partial charge in [-0.1, -0.05) is 26.0 Å². The van der Waals surface area contributed by atoms with Crippen molar-refractivity contribution < 1.29 is 4.39 Å². The van der Waals surface area contributed by atoms with Crippen LogP contribution in [-0.2, 0) is 12.8 Å². The number of hydrogen-bond acceptors (Lipinski definition) is 2. The zero-order valence-electron chi connectivity index (χ0n) is 12.1. The van der Waals surface area contributed by atoms with Crippen molar-refractivity contribution in [2.45, 2.75) is 32.7 Å². The van der Waals surface area contributed by atoms with E-state index in [4.69, 9.17) is 0 Å². The van der Waals surface area contributed by atoms with Crippen LogP contribution in [0.2, 0.25) is 0 Å². The Morgan fingerprint density at radius 3 is 2.60 bits per heavy atom. The number of nitrogens with one attached hydrogen (secondary N) is 1. The molecule has 1 nitrogen and oxygen atoms in total. The number of rotatable bonds is 7. The molecule has 0 aliphatic heterocycles. The summed E-state index contributed by atoms with van der Waals surface area (Å²) in [6, 6.07) is 9.62. The molecule has 0 fully saturated rings. The standard InChI is InChI=1S/C17H22FNS/c1-13(2)19-11-16(9-15-6-7-20-12-15)8-14-4-3-5-17(18)10-14/h3-7,10,12-13,16,19H,8-9,11H2,1-2H3. The molecule has 2 rings (SSSR count). The second-order valence-corrected chi connectivity index (χ2v) is 6.38. The fourth-order valence-electron chi connectivity index (χ4n) is 2.36. The zero-order valence-corrected chi connectivity index (χ0v) is 12.9. The average molecular weight is 291 g/mol. The summed E-state index contributed by atoms with van der Waals surface area (Å²) >= 11 is 1.73. The largest absolute Gasteiger partial charge is 0.314 e. The van der Waals surface area contributed by atoms with E-state index in [1.165, 1.54) is 11.6 Å². The van der Waals surface area contributed by atoms with Gasteiger partial charge < -0.3 is 5.32 Å². The van der Waals surface area contributed by atoms with Crippen molar-refractivity contribution in [3.63, 3.8) is 0 Å². The van der Waals surface area contributed by atoms with Crippen molar-refractivity contribution in [3.8, 4) is 0 Å². The molecule has 1 N–H and O–H groups in total. The molecule has 2 aromatic rings. The quantitative estimate of drug-likeness (QED) is 0.802. The normalized spacial score (nSPS) is 12.8. The van der Waals surface area contributed by atoms with E-state index in [2.05, 4.69) is 36.0 Å². The monoisotopic (exact) mass is 291 g/mol. The lowest BCUT2D eigenvalue weighted by atomic mass is 9.93. The summed E-state index contributed by atoms with van der Waals surface area (Å²) in [5, 5.41) is 7.82. The van der Waals surface area contributed by atoms with Crippen molar-refractivity contribution in [2.24, 2.45) is 5.92 Å². The topological polar surface area (TPSA) is 12.0 Å². The Morgan fingerprint density at radius 2 is 1.95 bits per heavy atom. The third-order valence-corrected chi connectivity index (χ3v) is 4.06. The summed E-state index contributed by atoms with van der Waals surface area (Å²) in [7, 11) is 0. The first-order valence-corrected chi connectivity index (χ1v) is 8.06. The van der Waals surface area contributed by atoms with E-state index < -0.39 is 0 Å². The SMILES string of the molecule is CC(C)NCC(Cc1ccsc1)Cc1cccc(F)c1. The first-order valence-electron chi connectivity index (χ1n) is 7.12. The van der Waals surface area contributed by atoms with Gasteiger partial charge in [0.25, 0.3) is 0 Å². The van der Waals surface area contributed by atoms with Gasteiger partial charge in [0.2, 0.25) is 0 Å². The van der Waals surface area contributed by atoms with Crippen LogP contribution in [0.5, 0.6) is 0 Å². The molecule has 0 aliphatic rings. The number of benzene rings is 1. The lowest BCUT2D eigenvalue weighted by molar-refractivity contribution is 0.444. The highest BCUT2D eigenvalue weighted by molar-refractivity contribution is 7.07. The molecule has 1 aromatic carbocycles. The van der Waals surface area contributed by atoms with Gasteiger partial charge >= 0.3 is 0 Å². The van der Waals surface area contributed by atoms with Gasteiger partial charge in [-0.15, -0.1) is 0 Å². The summed E-state index contributed by atoms with van der Waals surface area (Å²) in [6.45, 7) is 5.28. The van der Waals surface area contributed by atoms with E-state index in [0.717, 1.165) is 24.9 Å². The predicted octanol–water partition coefficient (Wildman–Crippen LogP) is 4.29. The van der Waals surface area contributed by atoms with Crippen molar-refractivity contribution in [1.29, 1.82) is 0 Å². The summed E-state index contributed by atoms with van der Waals surface area (Å²) < 4.78 is 13.3. The van der Waals surface area contributed by atoms with Crippen molar-refractivity contribution in [2.75, 3.05) is 6.54 Å². The highest BCUT2D eigenvalue weighted by atomic mass is 32.1. The molecule has 3 heteroatoms. The van der Waals surface area contributed by atoms with Crippen LogP contribution in [0.3, 0.4) is 0 Å². The van der Waals surface area contributed by atoms with Gasteiger partial charge in [0, 0.05) is 6.04 Å². The predicted molar refractivity (Wildman–Crippen MR) is 84.8 cm³/mol. The third kappa shape index (κ3) is 5.06. The van der Waals surface area contributed by atoms with E-state index in [9.17, 15) is 4.39 Å². The molecule has 0 amide bonds. The summed E-state index contributed by atoms with van der Waals surface area (Å²) in [6.07, 6.45) is 1.95. The minimum Gasteiger partial charge on any atom is -0.314 e. The van der Waals surface area contributed by atoms with Gasteiger partial charge in [0.1, 0.15) is 5.82 Å². The van der Waals surface area contributed by atoms with Crippen LogP contribution < -0.4 is 5.32 Å². The second-order valence-electron chi connectivity index (χ2n) is 5.60. The summed E-state index contributed by atoms with van der Waals surface area (Å²) in [4.78, 5) is 0. The fourth-order valence-corrected chi connectivity index (χ4v) is 3.04. The third-order valence-electron chi connectivity index (χ3n) is 3.33. The van der Waals surface area contributed by atoms with Gasteiger partial charge in [0.15, 0.2) is 0 Å². The zero-order chi connectivity index (χ0) is 14.4. The molecule has 0 bridgehead atoms. The molecule has 0 radical (unpaired) electrons. The first-order chi connectivity index (χ1) is 9.63. The molecule has 1 heterocycles. The molecule has 108 valence electrons. The molecule has 0 spiro atoms. The van der Waals surface area contributed by atoms with Gasteiger partial charge in [-0.3, -0.25) is 0 Å². The van der Waals surface area contributed by atoms with Crippen LogP contribution in [0.4, 0.5) is 4.39 Å². The average Bonchev–Trinajstić information content (AvgIpc) is 2.89. The first kappa shape index (κ1) is 15.2. The smallest absolute Gasteiger partial charge is 0.123 e. The highest BCUT2D eigenvalue weighted by Gasteiger charge is 2.12. The minimum atomic E-state index is -0.145. The Morgan fingerprint density at radius 1 is 1.15 bits per heavy atom. The summed E-state index contributed by atoms with van der Waals surface area (Å²) in [5.74, 6) is 0.349. The van der Waals surface area contributed by atoms with Crippen LogP contribution in [0, 0.1) is 11.7 Å². The van der Waals surface area contributed by atoms with E-state index in [1.54, 1.807) is 23.5 Å². The van der Waals surface area contributed by atoms with E-state index in [1.807, 2.05) is 6.07 Å². The van der Waals surface area contributed by atoms with Gasteiger partial charge in [-0.25, -0.2) is 4.39 Å². The maximum atomic E-state index is 13.3. The minimum absolute atomic E-state index is 0.145. The van der Waals surface area contributed by atoms with Crippen molar-refractivity contribution >= 4 is 11.3 Å². The highest BCUT2D eigenvalue weighted by Crippen LogP contribution is 2.17. The van der Waals surface area contributed by atoms with Crippen LogP contribution >= 0.6 is 11.3 Å². The lowest BCUT2D eigenvalue weighted by Crippen LogP contribution is -2.31. The maximum absolute atomic E-state index is 13.3. The van der Waals surface area contributed by atoms with Crippen molar-refractivity contribution in [3.05, 3.63) is 58.0 Å². The molecule has 0 saturated carbocycles.